The van der Waals surface area contributed by atoms with Crippen LogP contribution in [-0.2, 0) is 0 Å². The third kappa shape index (κ3) is 2.35. The van der Waals surface area contributed by atoms with Gasteiger partial charge >= 0.3 is 0 Å². The number of hydrogen-bond acceptors (Lipinski definition) is 3. The number of ether oxygens (including phenoxy) is 2. The number of benzene rings is 1. The molecule has 0 radical (unpaired) electrons. The summed E-state index contributed by atoms with van der Waals surface area (Å²) in [5.41, 5.74) is 1.54. The van der Waals surface area contributed by atoms with E-state index in [0.717, 1.165) is 5.56 Å². The zero-order valence-electron chi connectivity index (χ0n) is 10.5. The minimum Gasteiger partial charge on any atom is -0.496 e. The van der Waals surface area contributed by atoms with E-state index >= 15 is 0 Å². The van der Waals surface area contributed by atoms with E-state index in [-0.39, 0.29) is 11.7 Å². The highest BCUT2D eigenvalue weighted by atomic mass is 16.5. The summed E-state index contributed by atoms with van der Waals surface area (Å²) >= 11 is 0. The molecule has 0 unspecified atom stereocenters. The Bertz CT molecular complexity index is 369. The van der Waals surface area contributed by atoms with Gasteiger partial charge in [0.15, 0.2) is 5.78 Å². The van der Waals surface area contributed by atoms with Crippen LogP contribution in [0.25, 0.3) is 0 Å². The van der Waals surface area contributed by atoms with Crippen molar-refractivity contribution in [2.24, 2.45) is 5.92 Å². The van der Waals surface area contributed by atoms with Crippen molar-refractivity contribution in [3.8, 4) is 11.5 Å². The second-order valence-electron chi connectivity index (χ2n) is 4.02. The minimum atomic E-state index is -0.0304. The Balaban J connectivity index is 3.27. The fourth-order valence-corrected chi connectivity index (χ4v) is 1.56. The van der Waals surface area contributed by atoms with Crippen molar-refractivity contribution < 1.29 is 14.3 Å². The number of carbonyl (C=O) groups excluding carboxylic acids is 1. The average Bonchev–Trinajstić information content (AvgIpc) is 2.28. The second-order valence-corrected chi connectivity index (χ2v) is 4.02. The number of ketones is 1. The van der Waals surface area contributed by atoms with Crippen LogP contribution in [0.15, 0.2) is 12.1 Å². The van der Waals surface area contributed by atoms with E-state index in [4.69, 9.17) is 9.47 Å². The quantitative estimate of drug-likeness (QED) is 0.735. The molecule has 0 saturated carbocycles. The van der Waals surface area contributed by atoms with Crippen LogP contribution in [0.3, 0.4) is 0 Å². The predicted octanol–water partition coefficient (Wildman–Crippen LogP) is 2.85. The van der Waals surface area contributed by atoms with Gasteiger partial charge in [-0.2, -0.15) is 0 Å². The maximum atomic E-state index is 11.9. The van der Waals surface area contributed by atoms with Crippen LogP contribution < -0.4 is 9.47 Å². The van der Waals surface area contributed by atoms with E-state index in [2.05, 4.69) is 0 Å². The standard InChI is InChI=1S/C13H18O3/c1-8(2)13(14)10-6-11(15-4)9(3)12(7-10)16-5/h6-8H,1-5H3. The molecule has 1 rings (SSSR count). The van der Waals surface area contributed by atoms with Gasteiger partial charge in [-0.25, -0.2) is 0 Å². The zero-order chi connectivity index (χ0) is 12.3. The third-order valence-electron chi connectivity index (χ3n) is 2.56. The Morgan fingerprint density at radius 1 is 1.12 bits per heavy atom. The lowest BCUT2D eigenvalue weighted by molar-refractivity contribution is 0.0938. The molecule has 0 amide bonds. The van der Waals surface area contributed by atoms with Crippen molar-refractivity contribution in [2.45, 2.75) is 20.8 Å². The topological polar surface area (TPSA) is 35.5 Å². The van der Waals surface area contributed by atoms with Gasteiger partial charge in [0.1, 0.15) is 11.5 Å². The fraction of sp³-hybridized carbons (Fsp3) is 0.462. The number of Topliss-reactive ketones (excluding diaryl/α,β-unsaturated/α-hetero) is 1. The van der Waals surface area contributed by atoms with Gasteiger partial charge in [-0.3, -0.25) is 4.79 Å². The first-order valence-corrected chi connectivity index (χ1v) is 5.28. The molecule has 0 heterocycles. The molecule has 0 spiro atoms. The van der Waals surface area contributed by atoms with Gasteiger partial charge in [0.05, 0.1) is 14.2 Å². The highest BCUT2D eigenvalue weighted by molar-refractivity contribution is 5.98. The summed E-state index contributed by atoms with van der Waals surface area (Å²) in [7, 11) is 3.18. The molecular weight excluding hydrogens is 204 g/mol. The molecule has 0 atom stereocenters. The van der Waals surface area contributed by atoms with Crippen LogP contribution in [0, 0.1) is 12.8 Å². The van der Waals surface area contributed by atoms with Crippen LogP contribution in [0.1, 0.15) is 29.8 Å². The van der Waals surface area contributed by atoms with Crippen molar-refractivity contribution in [3.05, 3.63) is 23.3 Å². The summed E-state index contributed by atoms with van der Waals surface area (Å²) in [5.74, 6) is 1.43. The lowest BCUT2D eigenvalue weighted by Gasteiger charge is -2.13. The first kappa shape index (κ1) is 12.6. The summed E-state index contributed by atoms with van der Waals surface area (Å²) in [4.78, 5) is 11.9. The van der Waals surface area contributed by atoms with Gasteiger partial charge in [0, 0.05) is 17.0 Å². The van der Waals surface area contributed by atoms with Crippen LogP contribution in [0.5, 0.6) is 11.5 Å². The smallest absolute Gasteiger partial charge is 0.165 e. The third-order valence-corrected chi connectivity index (χ3v) is 2.56. The molecule has 0 aliphatic carbocycles. The number of hydrogen-bond donors (Lipinski definition) is 0. The molecule has 1 aromatic carbocycles. The molecule has 0 fully saturated rings. The molecule has 16 heavy (non-hydrogen) atoms. The molecule has 1 aromatic rings. The largest absolute Gasteiger partial charge is 0.496 e. The first-order valence-electron chi connectivity index (χ1n) is 5.28. The van der Waals surface area contributed by atoms with Crippen LogP contribution in [0.2, 0.25) is 0 Å². The zero-order valence-corrected chi connectivity index (χ0v) is 10.5. The van der Waals surface area contributed by atoms with E-state index in [0.29, 0.717) is 17.1 Å². The van der Waals surface area contributed by atoms with E-state index in [9.17, 15) is 4.79 Å². The van der Waals surface area contributed by atoms with Crippen molar-refractivity contribution in [2.75, 3.05) is 14.2 Å². The summed E-state index contributed by atoms with van der Waals surface area (Å²) in [6.45, 7) is 5.66. The summed E-state index contributed by atoms with van der Waals surface area (Å²) < 4.78 is 10.5. The molecule has 3 heteroatoms. The van der Waals surface area contributed by atoms with Crippen LogP contribution in [-0.4, -0.2) is 20.0 Å². The highest BCUT2D eigenvalue weighted by Crippen LogP contribution is 2.30. The summed E-state index contributed by atoms with van der Waals surface area (Å²) in [5, 5.41) is 0. The van der Waals surface area contributed by atoms with Crippen molar-refractivity contribution >= 4 is 5.78 Å². The van der Waals surface area contributed by atoms with Gasteiger partial charge in [0.25, 0.3) is 0 Å². The van der Waals surface area contributed by atoms with Gasteiger partial charge in [-0.15, -0.1) is 0 Å². The Kier molecular flexibility index (Phi) is 3.93. The second kappa shape index (κ2) is 5.01. The van der Waals surface area contributed by atoms with Crippen LogP contribution in [0.4, 0.5) is 0 Å². The Labute approximate surface area is 96.4 Å². The molecule has 0 N–H and O–H groups in total. The summed E-state index contributed by atoms with van der Waals surface area (Å²) in [6, 6.07) is 3.53. The molecule has 0 aliphatic rings. The first-order chi connectivity index (χ1) is 7.51. The molecule has 3 nitrogen and oxygen atoms in total. The Morgan fingerprint density at radius 2 is 1.56 bits per heavy atom. The number of carbonyl (C=O) groups is 1. The van der Waals surface area contributed by atoms with E-state index in [1.165, 1.54) is 0 Å². The monoisotopic (exact) mass is 222 g/mol. The fourth-order valence-electron chi connectivity index (χ4n) is 1.56. The lowest BCUT2D eigenvalue weighted by Crippen LogP contribution is -2.08. The van der Waals surface area contributed by atoms with Gasteiger partial charge in [-0.1, -0.05) is 13.8 Å². The molecule has 0 bridgehead atoms. The maximum Gasteiger partial charge on any atom is 0.165 e. The van der Waals surface area contributed by atoms with E-state index in [1.54, 1.807) is 26.4 Å². The Morgan fingerprint density at radius 3 is 1.88 bits per heavy atom. The van der Waals surface area contributed by atoms with E-state index in [1.807, 2.05) is 20.8 Å². The molecular formula is C13H18O3. The molecule has 88 valence electrons. The normalized spacial score (nSPS) is 10.4. The lowest BCUT2D eigenvalue weighted by atomic mass is 9.99. The Hall–Kier alpha value is -1.51. The van der Waals surface area contributed by atoms with Gasteiger partial charge in [0.2, 0.25) is 0 Å². The predicted molar refractivity (Wildman–Crippen MR) is 63.5 cm³/mol. The number of rotatable bonds is 4. The van der Waals surface area contributed by atoms with Crippen LogP contribution >= 0.6 is 0 Å². The average molecular weight is 222 g/mol. The van der Waals surface area contributed by atoms with Crippen molar-refractivity contribution in [3.63, 3.8) is 0 Å². The summed E-state index contributed by atoms with van der Waals surface area (Å²) in [6.07, 6.45) is 0. The van der Waals surface area contributed by atoms with Crippen molar-refractivity contribution in [1.29, 1.82) is 0 Å². The van der Waals surface area contributed by atoms with Gasteiger partial charge in [-0.05, 0) is 19.1 Å². The highest BCUT2D eigenvalue weighted by Gasteiger charge is 2.15. The van der Waals surface area contributed by atoms with Gasteiger partial charge < -0.3 is 9.47 Å². The maximum absolute atomic E-state index is 11.9. The molecule has 0 saturated heterocycles. The minimum absolute atomic E-state index is 0.0304. The SMILES string of the molecule is COc1cc(C(=O)C(C)C)cc(OC)c1C. The number of methoxy groups -OCH3 is 2. The molecule has 0 aromatic heterocycles. The van der Waals surface area contributed by atoms with E-state index < -0.39 is 0 Å². The van der Waals surface area contributed by atoms with Crippen molar-refractivity contribution in [1.82, 2.24) is 0 Å². The molecule has 0 aliphatic heterocycles.